The molecule has 3 N–H and O–H groups in total. The highest BCUT2D eigenvalue weighted by atomic mass is 16.7. The minimum Gasteiger partial charge on any atom is -0.450 e. The summed E-state index contributed by atoms with van der Waals surface area (Å²) < 4.78 is 12.4. The Balaban J connectivity index is 0. The Kier molecular flexibility index (Phi) is 29.2. The molecule has 0 unspecified atom stereocenters. The van der Waals surface area contributed by atoms with Gasteiger partial charge < -0.3 is 29.5 Å². The molecule has 0 heterocycles. The van der Waals surface area contributed by atoms with E-state index in [1.54, 1.807) is 0 Å². The summed E-state index contributed by atoms with van der Waals surface area (Å²) in [6, 6.07) is 0. The largest absolute Gasteiger partial charge is 0.513 e. The molecule has 0 aliphatic heterocycles. The van der Waals surface area contributed by atoms with Gasteiger partial charge in [0.05, 0.1) is 6.61 Å². The predicted molar refractivity (Wildman–Crippen MR) is 145 cm³/mol. The second kappa shape index (κ2) is 29.7. The molecule has 0 radical (unpaired) electrons. The molecule has 0 atom stereocenters. The molecule has 0 spiro atoms. The second-order valence-electron chi connectivity index (χ2n) is 9.46. The first-order valence-corrected chi connectivity index (χ1v) is 14.4. The van der Waals surface area contributed by atoms with Crippen molar-refractivity contribution in [1.82, 2.24) is 0 Å². The van der Waals surface area contributed by atoms with Crippen LogP contribution in [-0.2, 0) is 23.8 Å². The van der Waals surface area contributed by atoms with Crippen LogP contribution in [0.2, 0.25) is 0 Å². The Bertz CT molecular complexity index is 613. The van der Waals surface area contributed by atoms with Gasteiger partial charge in [0.1, 0.15) is 0 Å². The van der Waals surface area contributed by atoms with Crippen LogP contribution in [0.5, 0.6) is 0 Å². The topological polar surface area (TPSA) is 174 Å². The van der Waals surface area contributed by atoms with E-state index in [4.69, 9.17) is 15.3 Å². The lowest BCUT2D eigenvalue weighted by atomic mass is 10.1. The molecule has 0 saturated carbocycles. The number of hydrogen-bond donors (Lipinski definition) is 3. The van der Waals surface area contributed by atoms with Gasteiger partial charge in [-0.05, 0) is 19.3 Å². The van der Waals surface area contributed by atoms with E-state index in [2.05, 4.69) is 21.1 Å². The SMILES string of the molecule is CCCCCCCCCCCCCOC(=O)O.O=C(O)OC(=O)CCCCCCCCCCC(=O)OC(=O)O. The summed E-state index contributed by atoms with van der Waals surface area (Å²) >= 11 is 0. The van der Waals surface area contributed by atoms with Gasteiger partial charge in [0.25, 0.3) is 0 Å². The van der Waals surface area contributed by atoms with Gasteiger partial charge in [-0.15, -0.1) is 0 Å². The minimum atomic E-state index is -1.57. The lowest BCUT2D eigenvalue weighted by molar-refractivity contribution is -0.140. The maximum Gasteiger partial charge on any atom is 0.513 e. The van der Waals surface area contributed by atoms with Crippen molar-refractivity contribution < 1.29 is 53.5 Å². The molecule has 11 nitrogen and oxygen atoms in total. The van der Waals surface area contributed by atoms with Crippen molar-refractivity contribution in [3.63, 3.8) is 0 Å². The van der Waals surface area contributed by atoms with Crippen LogP contribution < -0.4 is 0 Å². The number of carbonyl (C=O) groups is 5. The maximum atomic E-state index is 10.9. The Morgan fingerprint density at radius 3 is 1.05 bits per heavy atom. The number of carbonyl (C=O) groups excluding carboxylic acids is 2. The zero-order valence-corrected chi connectivity index (χ0v) is 23.7. The van der Waals surface area contributed by atoms with Crippen LogP contribution in [-0.4, -0.2) is 52.3 Å². The highest BCUT2D eigenvalue weighted by Gasteiger charge is 2.08. The fourth-order valence-corrected chi connectivity index (χ4v) is 3.82. The molecule has 0 aliphatic carbocycles. The number of esters is 2. The molecule has 0 aromatic carbocycles. The van der Waals surface area contributed by atoms with Crippen molar-refractivity contribution in [2.24, 2.45) is 0 Å². The van der Waals surface area contributed by atoms with Gasteiger partial charge in [-0.3, -0.25) is 9.59 Å². The van der Waals surface area contributed by atoms with E-state index in [1.165, 1.54) is 57.8 Å². The summed E-state index contributed by atoms with van der Waals surface area (Å²) in [7, 11) is 0. The third-order valence-electron chi connectivity index (χ3n) is 5.89. The average Bonchev–Trinajstić information content (AvgIpc) is 2.85. The van der Waals surface area contributed by atoms with Gasteiger partial charge >= 0.3 is 30.4 Å². The smallest absolute Gasteiger partial charge is 0.450 e. The van der Waals surface area contributed by atoms with Crippen molar-refractivity contribution in [3.8, 4) is 0 Å². The molecule has 0 aromatic heterocycles. The number of unbranched alkanes of at least 4 members (excludes halogenated alkanes) is 17. The number of rotatable bonds is 23. The zero-order chi connectivity index (χ0) is 29.6. The molecule has 0 aromatic rings. The molecule has 0 saturated heterocycles. The third-order valence-corrected chi connectivity index (χ3v) is 5.89. The standard InChI is InChI=1S/C14H22O8.C14H28O3/c15-11(21-13(17)18)9-7-5-3-1-2-4-6-8-10-12(16)22-14(19)20;1-2-3-4-5-6-7-8-9-10-11-12-13-17-14(15)16/h1-10H2,(H,17,18)(H,19,20);2-13H2,1H3,(H,15,16). The first-order chi connectivity index (χ1) is 18.7. The average molecular weight is 563 g/mol. The minimum absolute atomic E-state index is 0.109. The van der Waals surface area contributed by atoms with Crippen LogP contribution >= 0.6 is 0 Å². The van der Waals surface area contributed by atoms with E-state index < -0.39 is 30.4 Å². The molecule has 11 heteroatoms. The predicted octanol–water partition coefficient (Wildman–Crippen LogP) is 8.32. The van der Waals surface area contributed by atoms with E-state index >= 15 is 0 Å². The van der Waals surface area contributed by atoms with Crippen LogP contribution in [0.25, 0.3) is 0 Å². The molecule has 0 aliphatic rings. The Morgan fingerprint density at radius 1 is 0.436 bits per heavy atom. The summed E-state index contributed by atoms with van der Waals surface area (Å²) in [6.45, 7) is 2.60. The van der Waals surface area contributed by atoms with Gasteiger partial charge in [-0.1, -0.05) is 110 Å². The van der Waals surface area contributed by atoms with E-state index in [0.29, 0.717) is 19.4 Å². The van der Waals surface area contributed by atoms with Crippen LogP contribution in [0.3, 0.4) is 0 Å². The monoisotopic (exact) mass is 562 g/mol. The Morgan fingerprint density at radius 2 is 0.744 bits per heavy atom. The lowest BCUT2D eigenvalue weighted by Crippen LogP contribution is -2.09. The molecule has 0 bridgehead atoms. The van der Waals surface area contributed by atoms with E-state index in [1.807, 2.05) is 0 Å². The summed E-state index contributed by atoms with van der Waals surface area (Å²) in [4.78, 5) is 52.0. The molecule has 228 valence electrons. The van der Waals surface area contributed by atoms with E-state index in [9.17, 15) is 24.0 Å². The normalized spacial score (nSPS) is 10.2. The highest BCUT2D eigenvalue weighted by Crippen LogP contribution is 2.12. The van der Waals surface area contributed by atoms with Crippen molar-refractivity contribution in [2.75, 3.05) is 6.61 Å². The molecule has 0 fully saturated rings. The first kappa shape index (κ1) is 38.3. The second-order valence-corrected chi connectivity index (χ2v) is 9.46. The van der Waals surface area contributed by atoms with Crippen molar-refractivity contribution in [1.29, 1.82) is 0 Å². The van der Waals surface area contributed by atoms with Gasteiger partial charge in [0.15, 0.2) is 0 Å². The number of ether oxygens (including phenoxy) is 3. The fraction of sp³-hybridized carbons (Fsp3) is 0.821. The molecule has 0 amide bonds. The Labute approximate surface area is 232 Å². The maximum absolute atomic E-state index is 10.9. The van der Waals surface area contributed by atoms with Crippen molar-refractivity contribution in [3.05, 3.63) is 0 Å². The number of carboxylic acid groups (broad SMARTS) is 3. The van der Waals surface area contributed by atoms with Gasteiger partial charge in [-0.2, -0.15) is 0 Å². The van der Waals surface area contributed by atoms with Crippen molar-refractivity contribution in [2.45, 2.75) is 142 Å². The van der Waals surface area contributed by atoms with Crippen molar-refractivity contribution >= 4 is 30.4 Å². The lowest BCUT2D eigenvalue weighted by Gasteiger charge is -2.02. The third kappa shape index (κ3) is 37.4. The first-order valence-electron chi connectivity index (χ1n) is 14.4. The highest BCUT2D eigenvalue weighted by molar-refractivity contribution is 5.81. The summed E-state index contributed by atoms with van der Waals surface area (Å²) in [6.07, 6.45) is 16.6. The molecule has 0 rings (SSSR count). The summed E-state index contributed by atoms with van der Waals surface area (Å²) in [5, 5.41) is 24.7. The van der Waals surface area contributed by atoms with E-state index in [-0.39, 0.29) is 12.8 Å². The molecular formula is C28H50O11. The van der Waals surface area contributed by atoms with Crippen LogP contribution in [0, 0.1) is 0 Å². The number of hydrogen-bond acceptors (Lipinski definition) is 8. The van der Waals surface area contributed by atoms with Gasteiger partial charge in [-0.25, -0.2) is 14.4 Å². The van der Waals surface area contributed by atoms with Crippen LogP contribution in [0.15, 0.2) is 0 Å². The zero-order valence-electron chi connectivity index (χ0n) is 23.7. The van der Waals surface area contributed by atoms with Gasteiger partial charge in [0, 0.05) is 12.8 Å². The summed E-state index contributed by atoms with van der Waals surface area (Å²) in [5.41, 5.74) is 0. The van der Waals surface area contributed by atoms with Gasteiger partial charge in [0.2, 0.25) is 0 Å². The van der Waals surface area contributed by atoms with Crippen LogP contribution in [0.1, 0.15) is 142 Å². The molecular weight excluding hydrogens is 512 g/mol. The summed E-state index contributed by atoms with van der Waals surface area (Å²) in [5.74, 6) is -1.44. The fourth-order valence-electron chi connectivity index (χ4n) is 3.82. The quantitative estimate of drug-likeness (QED) is 0.0472. The molecule has 39 heavy (non-hydrogen) atoms. The van der Waals surface area contributed by atoms with E-state index in [0.717, 1.165) is 51.4 Å². The van der Waals surface area contributed by atoms with Crippen LogP contribution in [0.4, 0.5) is 14.4 Å². The Hall–Kier alpha value is -2.85.